The topological polar surface area (TPSA) is 102 Å². The Morgan fingerprint density at radius 3 is 2.29 bits per heavy atom. The molecule has 0 fully saturated rings. The number of thiol groups is 2. The summed E-state index contributed by atoms with van der Waals surface area (Å²) >= 11 is 8.64. The summed E-state index contributed by atoms with van der Waals surface area (Å²) in [6.07, 6.45) is 5.81. The minimum Gasteiger partial charge on any atom is -0.375 e. The first-order valence-corrected chi connectivity index (χ1v) is 17.1. The zero-order valence-electron chi connectivity index (χ0n) is 24.0. The number of aryl methyl sites for hydroxylation is 1. The fourth-order valence-corrected chi connectivity index (χ4v) is 5.53. The molecule has 1 heterocycles. The predicted octanol–water partition coefficient (Wildman–Crippen LogP) is 4.71. The molecule has 0 radical (unpaired) electrons. The summed E-state index contributed by atoms with van der Waals surface area (Å²) in [5.74, 6) is 1.76. The number of hydrogen-bond donors (Lipinski definition) is 4. The molecule has 0 aliphatic carbocycles. The van der Waals surface area contributed by atoms with E-state index in [4.69, 9.17) is 15.0 Å². The lowest BCUT2D eigenvalue weighted by Crippen LogP contribution is -2.34. The van der Waals surface area contributed by atoms with Crippen molar-refractivity contribution in [1.82, 2.24) is 20.0 Å². The summed E-state index contributed by atoms with van der Waals surface area (Å²) in [4.78, 5) is 2.56. The predicted molar refractivity (Wildman–Crippen MR) is 175 cm³/mol. The van der Waals surface area contributed by atoms with E-state index in [9.17, 15) is 8.42 Å². The van der Waals surface area contributed by atoms with Crippen LogP contribution in [0.5, 0.6) is 0 Å². The average molecular weight is 620 g/mol. The number of benzene rings is 2. The quantitative estimate of drug-likeness (QED) is 0.108. The highest BCUT2D eigenvalue weighted by Gasteiger charge is 2.14. The Morgan fingerprint density at radius 1 is 0.902 bits per heavy atom. The zero-order chi connectivity index (χ0) is 29.5. The Kier molecular flexibility index (Phi) is 14.7. The molecule has 1 aromatic heterocycles. The van der Waals surface area contributed by atoms with Crippen LogP contribution in [-0.2, 0) is 21.4 Å². The van der Waals surface area contributed by atoms with Crippen LogP contribution < -0.4 is 10.5 Å². The normalized spacial score (nSPS) is 11.9. The van der Waals surface area contributed by atoms with Crippen molar-refractivity contribution in [2.24, 2.45) is 5.14 Å². The van der Waals surface area contributed by atoms with E-state index in [1.165, 1.54) is 37.0 Å². The highest BCUT2D eigenvalue weighted by atomic mass is 32.2. The molecule has 2 aromatic carbocycles. The first-order chi connectivity index (χ1) is 19.8. The van der Waals surface area contributed by atoms with E-state index >= 15 is 0 Å². The van der Waals surface area contributed by atoms with Crippen LogP contribution in [0.15, 0.2) is 59.5 Å². The van der Waals surface area contributed by atoms with Gasteiger partial charge in [-0.15, -0.1) is 0 Å². The maximum absolute atomic E-state index is 11.7. The van der Waals surface area contributed by atoms with Crippen molar-refractivity contribution in [2.45, 2.75) is 50.5 Å². The minimum atomic E-state index is -3.76. The number of sulfonamides is 1. The fraction of sp³-hybridized carbons (Fsp3) is 0.500. The van der Waals surface area contributed by atoms with E-state index in [0.717, 1.165) is 79.7 Å². The van der Waals surface area contributed by atoms with Crippen LogP contribution in [0.25, 0.3) is 16.9 Å². The van der Waals surface area contributed by atoms with Crippen molar-refractivity contribution in [3.63, 3.8) is 0 Å². The second-order valence-electron chi connectivity index (χ2n) is 10.2. The Bertz CT molecular complexity index is 1270. The smallest absolute Gasteiger partial charge is 0.238 e. The van der Waals surface area contributed by atoms with E-state index in [1.807, 2.05) is 10.7 Å². The second-order valence-corrected chi connectivity index (χ2v) is 12.7. The molecule has 0 spiro atoms. The molecule has 226 valence electrons. The number of hydrogen-bond acceptors (Lipinski definition) is 8. The number of rotatable bonds is 20. The van der Waals surface area contributed by atoms with Gasteiger partial charge in [0.1, 0.15) is 0 Å². The highest BCUT2D eigenvalue weighted by Crippen LogP contribution is 2.25. The van der Waals surface area contributed by atoms with Gasteiger partial charge < -0.3 is 15.0 Å². The molecular formula is C30H45N5O3S3. The van der Waals surface area contributed by atoms with Crippen molar-refractivity contribution in [3.8, 4) is 16.9 Å². The molecule has 8 nitrogen and oxygen atoms in total. The standard InChI is InChI=1S/C30H45N5O3S3/c1-25-7-9-26(10-8-25)30-23-27(33-35(30)28-11-13-29(14-12-28)41(31,36)37)24-38-20-6-4-2-3-5-17-34(19-22-40)18-15-32-16-21-39/h7-14,23,32,39-40H,2-6,15-22,24H2,1H3,(H2,31,36,37). The first-order valence-electron chi connectivity index (χ1n) is 14.3. The Balaban J connectivity index is 1.46. The van der Waals surface area contributed by atoms with Gasteiger partial charge >= 0.3 is 0 Å². The molecule has 3 N–H and O–H groups in total. The number of nitrogens with zero attached hydrogens (tertiary/aromatic N) is 3. The van der Waals surface area contributed by atoms with Crippen molar-refractivity contribution in [1.29, 1.82) is 0 Å². The van der Waals surface area contributed by atoms with E-state index in [1.54, 1.807) is 12.1 Å². The highest BCUT2D eigenvalue weighted by molar-refractivity contribution is 7.89. The Morgan fingerprint density at radius 2 is 1.61 bits per heavy atom. The molecule has 3 aromatic rings. The van der Waals surface area contributed by atoms with Crippen LogP contribution in [0.3, 0.4) is 0 Å². The second kappa shape index (κ2) is 17.9. The maximum Gasteiger partial charge on any atom is 0.238 e. The molecule has 0 saturated carbocycles. The lowest BCUT2D eigenvalue weighted by atomic mass is 10.1. The molecular weight excluding hydrogens is 575 g/mol. The molecule has 0 aliphatic heterocycles. The van der Waals surface area contributed by atoms with Crippen molar-refractivity contribution in [3.05, 3.63) is 65.9 Å². The summed E-state index contributed by atoms with van der Waals surface area (Å²) in [7, 11) is -3.76. The monoisotopic (exact) mass is 619 g/mol. The van der Waals surface area contributed by atoms with Crippen LogP contribution in [0.4, 0.5) is 0 Å². The molecule has 3 rings (SSSR count). The number of aromatic nitrogens is 2. The summed E-state index contributed by atoms with van der Waals surface area (Å²) in [6, 6.07) is 16.7. The molecule has 0 atom stereocenters. The van der Waals surface area contributed by atoms with E-state index in [-0.39, 0.29) is 4.90 Å². The molecule has 0 unspecified atom stereocenters. The maximum atomic E-state index is 11.7. The number of nitrogens with one attached hydrogen (secondary N) is 1. The number of ether oxygens (including phenoxy) is 1. The summed E-state index contributed by atoms with van der Waals surface area (Å²) in [6.45, 7) is 8.33. The van der Waals surface area contributed by atoms with Gasteiger partial charge in [-0.2, -0.15) is 30.4 Å². The van der Waals surface area contributed by atoms with E-state index in [2.05, 4.69) is 66.7 Å². The SMILES string of the molecule is Cc1ccc(-c2cc(COCCCCCCCN(CCS)CCNCCS)nn2-c2ccc(S(N)(=O)=O)cc2)cc1. The lowest BCUT2D eigenvalue weighted by Gasteiger charge is -2.21. The van der Waals surface area contributed by atoms with Gasteiger partial charge in [0.15, 0.2) is 0 Å². The zero-order valence-corrected chi connectivity index (χ0v) is 26.6. The van der Waals surface area contributed by atoms with Gasteiger partial charge in [0, 0.05) is 49.9 Å². The van der Waals surface area contributed by atoms with E-state index in [0.29, 0.717) is 13.2 Å². The third-order valence-electron chi connectivity index (χ3n) is 6.84. The molecule has 41 heavy (non-hydrogen) atoms. The van der Waals surface area contributed by atoms with E-state index < -0.39 is 10.0 Å². The molecule has 11 heteroatoms. The van der Waals surface area contributed by atoms with Crippen LogP contribution in [-0.4, -0.2) is 73.9 Å². The first kappa shape index (κ1) is 33.6. The Labute approximate surface area is 256 Å². The molecule has 0 bridgehead atoms. The Hall–Kier alpha value is -1.86. The summed E-state index contributed by atoms with van der Waals surface area (Å²) in [5, 5.41) is 13.5. The fourth-order valence-electron chi connectivity index (χ4n) is 4.57. The van der Waals surface area contributed by atoms with Gasteiger partial charge in [-0.25, -0.2) is 18.2 Å². The van der Waals surface area contributed by atoms with Crippen LogP contribution in [0.2, 0.25) is 0 Å². The van der Waals surface area contributed by atoms with Gasteiger partial charge in [-0.05, 0) is 56.6 Å². The van der Waals surface area contributed by atoms with Gasteiger partial charge in [-0.3, -0.25) is 0 Å². The van der Waals surface area contributed by atoms with Crippen LogP contribution >= 0.6 is 25.3 Å². The minimum absolute atomic E-state index is 0.0704. The number of primary sulfonamides is 1. The van der Waals surface area contributed by atoms with Crippen molar-refractivity contribution < 1.29 is 13.2 Å². The van der Waals surface area contributed by atoms with Crippen LogP contribution in [0, 0.1) is 6.92 Å². The van der Waals surface area contributed by atoms with Crippen molar-refractivity contribution in [2.75, 3.05) is 50.8 Å². The number of nitrogens with two attached hydrogens (primary N) is 1. The van der Waals surface area contributed by atoms with Gasteiger partial charge in [0.25, 0.3) is 0 Å². The third kappa shape index (κ3) is 11.7. The van der Waals surface area contributed by atoms with Crippen LogP contribution in [0.1, 0.15) is 43.4 Å². The van der Waals surface area contributed by atoms with Gasteiger partial charge in [0.05, 0.1) is 28.6 Å². The summed E-state index contributed by atoms with van der Waals surface area (Å²) in [5.41, 5.74) is 4.68. The molecule has 0 saturated heterocycles. The number of unbranched alkanes of at least 4 members (excludes halogenated alkanes) is 4. The van der Waals surface area contributed by atoms with Gasteiger partial charge in [-0.1, -0.05) is 49.1 Å². The van der Waals surface area contributed by atoms with Crippen molar-refractivity contribution >= 4 is 35.3 Å². The molecule has 0 amide bonds. The van der Waals surface area contributed by atoms with Gasteiger partial charge in [0.2, 0.25) is 10.0 Å². The lowest BCUT2D eigenvalue weighted by molar-refractivity contribution is 0.114. The largest absolute Gasteiger partial charge is 0.375 e. The average Bonchev–Trinajstić information content (AvgIpc) is 3.38. The summed E-state index contributed by atoms with van der Waals surface area (Å²) < 4.78 is 31.2. The third-order valence-corrected chi connectivity index (χ3v) is 8.19. The molecule has 0 aliphatic rings.